The Hall–Kier alpha value is -2.41. The van der Waals surface area contributed by atoms with Gasteiger partial charge in [0.25, 0.3) is 5.91 Å². The Labute approximate surface area is 130 Å². The molecule has 4 rings (SSSR count). The third-order valence-electron chi connectivity index (χ3n) is 3.50. The molecule has 0 atom stereocenters. The summed E-state index contributed by atoms with van der Waals surface area (Å²) in [5.41, 5.74) is 2.42. The van der Waals surface area contributed by atoms with E-state index >= 15 is 0 Å². The summed E-state index contributed by atoms with van der Waals surface area (Å²) in [5, 5.41) is 7.67. The number of hydrogen-bond acceptors (Lipinski definition) is 5. The molecule has 3 aromatic rings. The predicted octanol–water partition coefficient (Wildman–Crippen LogP) is 2.84. The van der Waals surface area contributed by atoms with E-state index in [1.165, 1.54) is 16.9 Å². The smallest absolute Gasteiger partial charge is 0.278 e. The van der Waals surface area contributed by atoms with Gasteiger partial charge < -0.3 is 4.74 Å². The topological polar surface area (TPSA) is 69.0 Å². The van der Waals surface area contributed by atoms with E-state index in [2.05, 4.69) is 21.5 Å². The second-order valence-corrected chi connectivity index (χ2v) is 6.27. The molecule has 112 valence electrons. The molecule has 0 aliphatic carbocycles. The lowest BCUT2D eigenvalue weighted by Gasteiger charge is -2.13. The largest absolute Gasteiger partial charge is 0.478 e. The van der Waals surface area contributed by atoms with Crippen molar-refractivity contribution >= 4 is 32.6 Å². The molecule has 1 aliphatic heterocycles. The van der Waals surface area contributed by atoms with Crippen LogP contribution in [0.4, 0.5) is 5.13 Å². The van der Waals surface area contributed by atoms with Crippen molar-refractivity contribution in [1.29, 1.82) is 0 Å². The van der Waals surface area contributed by atoms with E-state index in [1.807, 2.05) is 19.1 Å². The zero-order valence-electron chi connectivity index (χ0n) is 12.0. The summed E-state index contributed by atoms with van der Waals surface area (Å²) >= 11 is 1.46. The van der Waals surface area contributed by atoms with Crippen molar-refractivity contribution in [2.75, 3.05) is 11.9 Å². The van der Waals surface area contributed by atoms with Gasteiger partial charge in [-0.1, -0.05) is 17.4 Å². The first kappa shape index (κ1) is 13.3. The second kappa shape index (κ2) is 5.10. The van der Waals surface area contributed by atoms with Crippen LogP contribution in [0.5, 0.6) is 5.88 Å². The molecule has 1 N–H and O–H groups in total. The highest BCUT2D eigenvalue weighted by Crippen LogP contribution is 2.27. The van der Waals surface area contributed by atoms with Gasteiger partial charge in [0.15, 0.2) is 10.8 Å². The highest BCUT2D eigenvalue weighted by atomic mass is 32.1. The summed E-state index contributed by atoms with van der Waals surface area (Å²) < 4.78 is 8.25. The van der Waals surface area contributed by atoms with Crippen LogP contribution in [0, 0.1) is 6.92 Å². The molecule has 22 heavy (non-hydrogen) atoms. The van der Waals surface area contributed by atoms with Crippen molar-refractivity contribution < 1.29 is 9.53 Å². The van der Waals surface area contributed by atoms with Crippen LogP contribution in [0.15, 0.2) is 24.3 Å². The zero-order chi connectivity index (χ0) is 15.1. The maximum atomic E-state index is 12.3. The molecule has 1 aliphatic rings. The van der Waals surface area contributed by atoms with Gasteiger partial charge in [-0.15, -0.1) is 0 Å². The standard InChI is InChI=1S/C15H14N4O2S/c1-9-3-4-10-12(7-9)22-15(16-10)17-14(20)11-8-13-19(18-11)5-2-6-21-13/h3-4,7-8H,2,5-6H2,1H3,(H,16,17,20). The van der Waals surface area contributed by atoms with Gasteiger partial charge in [-0.3, -0.25) is 10.1 Å². The van der Waals surface area contributed by atoms with Crippen LogP contribution in [0.1, 0.15) is 22.5 Å². The molecule has 6 nitrogen and oxygen atoms in total. The number of carbonyl (C=O) groups is 1. The third kappa shape index (κ3) is 2.33. The fourth-order valence-electron chi connectivity index (χ4n) is 2.42. The molecule has 0 unspecified atom stereocenters. The lowest BCUT2D eigenvalue weighted by atomic mass is 10.2. The first-order chi connectivity index (χ1) is 10.7. The summed E-state index contributed by atoms with van der Waals surface area (Å²) in [4.78, 5) is 16.7. The Morgan fingerprint density at radius 2 is 2.32 bits per heavy atom. The van der Waals surface area contributed by atoms with Gasteiger partial charge in [0.05, 0.1) is 16.8 Å². The number of carbonyl (C=O) groups excluding carboxylic acids is 1. The number of nitrogens with zero attached hydrogens (tertiary/aromatic N) is 3. The van der Waals surface area contributed by atoms with E-state index in [1.54, 1.807) is 10.7 Å². The van der Waals surface area contributed by atoms with Crippen molar-refractivity contribution in [3.05, 3.63) is 35.5 Å². The Morgan fingerprint density at radius 3 is 3.18 bits per heavy atom. The number of amides is 1. The van der Waals surface area contributed by atoms with Gasteiger partial charge >= 0.3 is 0 Å². The SMILES string of the molecule is Cc1ccc2nc(NC(=O)c3cc4n(n3)CCCO4)sc2c1. The summed E-state index contributed by atoms with van der Waals surface area (Å²) in [5.74, 6) is 0.387. The van der Waals surface area contributed by atoms with E-state index in [4.69, 9.17) is 4.74 Å². The lowest BCUT2D eigenvalue weighted by molar-refractivity contribution is 0.102. The van der Waals surface area contributed by atoms with Gasteiger partial charge in [0, 0.05) is 19.0 Å². The number of aromatic nitrogens is 3. The third-order valence-corrected chi connectivity index (χ3v) is 4.44. The number of ether oxygens (including phenoxy) is 1. The van der Waals surface area contributed by atoms with Crippen LogP contribution >= 0.6 is 11.3 Å². The summed E-state index contributed by atoms with van der Waals surface area (Å²) in [7, 11) is 0. The van der Waals surface area contributed by atoms with E-state index in [-0.39, 0.29) is 5.91 Å². The van der Waals surface area contributed by atoms with Crippen LogP contribution in [0.2, 0.25) is 0 Å². The monoisotopic (exact) mass is 314 g/mol. The molecular weight excluding hydrogens is 300 g/mol. The van der Waals surface area contributed by atoms with Crippen LogP contribution in [-0.4, -0.2) is 27.3 Å². The molecule has 1 amide bonds. The van der Waals surface area contributed by atoms with Crippen molar-refractivity contribution in [3.63, 3.8) is 0 Å². The number of rotatable bonds is 2. The average Bonchev–Trinajstić information content (AvgIpc) is 3.09. The molecule has 0 spiro atoms. The minimum absolute atomic E-state index is 0.263. The summed E-state index contributed by atoms with van der Waals surface area (Å²) in [6.07, 6.45) is 0.910. The number of anilines is 1. The zero-order valence-corrected chi connectivity index (χ0v) is 12.8. The molecule has 2 aromatic heterocycles. The van der Waals surface area contributed by atoms with E-state index in [0.717, 1.165) is 23.2 Å². The highest BCUT2D eigenvalue weighted by molar-refractivity contribution is 7.22. The normalized spacial score (nSPS) is 13.7. The number of benzene rings is 1. The Bertz CT molecular complexity index is 844. The predicted molar refractivity (Wildman–Crippen MR) is 84.6 cm³/mol. The van der Waals surface area contributed by atoms with Crippen LogP contribution in [-0.2, 0) is 6.54 Å². The number of nitrogens with one attached hydrogen (secondary N) is 1. The van der Waals surface area contributed by atoms with E-state index < -0.39 is 0 Å². The molecule has 7 heteroatoms. The number of hydrogen-bond donors (Lipinski definition) is 1. The van der Waals surface area contributed by atoms with Crippen LogP contribution < -0.4 is 10.1 Å². The minimum Gasteiger partial charge on any atom is -0.478 e. The first-order valence-corrected chi connectivity index (χ1v) is 7.90. The summed E-state index contributed by atoms with van der Waals surface area (Å²) in [6, 6.07) is 7.70. The highest BCUT2D eigenvalue weighted by Gasteiger charge is 2.18. The Balaban J connectivity index is 1.58. The molecule has 0 radical (unpaired) electrons. The Kier molecular flexibility index (Phi) is 3.07. The fourth-order valence-corrected chi connectivity index (χ4v) is 3.38. The van der Waals surface area contributed by atoms with Crippen molar-refractivity contribution in [2.24, 2.45) is 0 Å². The van der Waals surface area contributed by atoms with Gasteiger partial charge in [-0.25, -0.2) is 9.67 Å². The lowest BCUT2D eigenvalue weighted by Crippen LogP contribution is -2.16. The van der Waals surface area contributed by atoms with Gasteiger partial charge in [0.1, 0.15) is 0 Å². The number of thiazole rings is 1. The van der Waals surface area contributed by atoms with E-state index in [0.29, 0.717) is 23.3 Å². The number of fused-ring (bicyclic) bond motifs is 2. The van der Waals surface area contributed by atoms with E-state index in [9.17, 15) is 4.79 Å². The molecule has 1 aromatic carbocycles. The number of aryl methyl sites for hydroxylation is 2. The van der Waals surface area contributed by atoms with Gasteiger partial charge in [0.2, 0.25) is 5.88 Å². The summed E-state index contributed by atoms with van der Waals surface area (Å²) in [6.45, 7) is 3.49. The fraction of sp³-hybridized carbons (Fsp3) is 0.267. The van der Waals surface area contributed by atoms with Gasteiger partial charge in [-0.2, -0.15) is 5.10 Å². The quantitative estimate of drug-likeness (QED) is 0.789. The molecule has 0 saturated heterocycles. The molecule has 0 bridgehead atoms. The second-order valence-electron chi connectivity index (χ2n) is 5.24. The molecule has 0 fully saturated rings. The minimum atomic E-state index is -0.263. The van der Waals surface area contributed by atoms with Crippen LogP contribution in [0.25, 0.3) is 10.2 Å². The van der Waals surface area contributed by atoms with Crippen molar-refractivity contribution in [3.8, 4) is 5.88 Å². The van der Waals surface area contributed by atoms with Gasteiger partial charge in [-0.05, 0) is 24.6 Å². The maximum Gasteiger partial charge on any atom is 0.278 e. The maximum absolute atomic E-state index is 12.3. The van der Waals surface area contributed by atoms with Crippen molar-refractivity contribution in [2.45, 2.75) is 19.9 Å². The molecule has 3 heterocycles. The van der Waals surface area contributed by atoms with Crippen LogP contribution in [0.3, 0.4) is 0 Å². The molecular formula is C15H14N4O2S. The molecule has 0 saturated carbocycles. The Morgan fingerprint density at radius 1 is 1.41 bits per heavy atom. The first-order valence-electron chi connectivity index (χ1n) is 7.08. The van der Waals surface area contributed by atoms with Crippen molar-refractivity contribution in [1.82, 2.24) is 14.8 Å². The average molecular weight is 314 g/mol.